The number of hydrogen-bond acceptors (Lipinski definition) is 4. The Bertz CT molecular complexity index is 718. The summed E-state index contributed by atoms with van der Waals surface area (Å²) in [5.41, 5.74) is 7.57. The van der Waals surface area contributed by atoms with Gasteiger partial charge in [0.25, 0.3) is 10.0 Å². The molecule has 102 valence electrons. The van der Waals surface area contributed by atoms with Gasteiger partial charge in [0.1, 0.15) is 4.90 Å². The molecule has 0 unspecified atom stereocenters. The van der Waals surface area contributed by atoms with Crippen LogP contribution in [0.5, 0.6) is 0 Å². The normalized spacial score (nSPS) is 11.5. The van der Waals surface area contributed by atoms with E-state index in [1.807, 2.05) is 13.8 Å². The van der Waals surface area contributed by atoms with Crippen LogP contribution in [0, 0.1) is 20.8 Å². The second kappa shape index (κ2) is 4.86. The molecule has 0 fully saturated rings. The third-order valence-electron chi connectivity index (χ3n) is 2.79. The van der Waals surface area contributed by atoms with Crippen LogP contribution in [0.3, 0.4) is 0 Å². The smallest absolute Gasteiger partial charge is 0.263 e. The fourth-order valence-electron chi connectivity index (χ4n) is 1.82. The summed E-state index contributed by atoms with van der Waals surface area (Å²) in [5, 5.41) is 0. The average molecular weight is 296 g/mol. The monoisotopic (exact) mass is 296 g/mol. The molecule has 0 spiro atoms. The van der Waals surface area contributed by atoms with Crippen LogP contribution in [0.4, 0.5) is 11.4 Å². The molecule has 4 nitrogen and oxygen atoms in total. The van der Waals surface area contributed by atoms with Gasteiger partial charge in [0.2, 0.25) is 0 Å². The van der Waals surface area contributed by atoms with Crippen LogP contribution < -0.4 is 10.5 Å². The van der Waals surface area contributed by atoms with Gasteiger partial charge in [-0.15, -0.1) is 11.3 Å². The van der Waals surface area contributed by atoms with Gasteiger partial charge >= 0.3 is 0 Å². The van der Waals surface area contributed by atoms with Crippen molar-refractivity contribution < 1.29 is 8.42 Å². The summed E-state index contributed by atoms with van der Waals surface area (Å²) in [4.78, 5) is 2.09. The number of nitrogens with two attached hydrogens (primary N) is 1. The number of nitrogens with one attached hydrogen (secondary N) is 1. The number of hydrogen-bond donors (Lipinski definition) is 2. The zero-order valence-corrected chi connectivity index (χ0v) is 12.7. The molecule has 0 bridgehead atoms. The quantitative estimate of drug-likeness (QED) is 0.855. The first-order valence-electron chi connectivity index (χ1n) is 5.75. The summed E-state index contributed by atoms with van der Waals surface area (Å²) in [6.45, 7) is 5.53. The van der Waals surface area contributed by atoms with E-state index in [4.69, 9.17) is 5.73 Å². The van der Waals surface area contributed by atoms with Crippen molar-refractivity contribution in [2.75, 3.05) is 10.5 Å². The molecule has 0 aliphatic heterocycles. The molecular weight excluding hydrogens is 280 g/mol. The predicted molar refractivity (Wildman–Crippen MR) is 80.2 cm³/mol. The van der Waals surface area contributed by atoms with Crippen molar-refractivity contribution in [3.8, 4) is 0 Å². The summed E-state index contributed by atoms with van der Waals surface area (Å²) in [7, 11) is -3.56. The van der Waals surface area contributed by atoms with Gasteiger partial charge in [-0.05, 0) is 44.5 Å². The van der Waals surface area contributed by atoms with Crippen molar-refractivity contribution >= 4 is 32.7 Å². The zero-order valence-electron chi connectivity index (χ0n) is 11.0. The Morgan fingerprint density at radius 3 is 2.42 bits per heavy atom. The molecule has 0 aliphatic rings. The van der Waals surface area contributed by atoms with E-state index in [0.29, 0.717) is 16.3 Å². The SMILES string of the molecule is Cc1cc(S(=O)(=O)Nc2cc(N)ccc2C)c(C)s1. The van der Waals surface area contributed by atoms with Crippen LogP contribution in [0.2, 0.25) is 0 Å². The highest BCUT2D eigenvalue weighted by molar-refractivity contribution is 7.93. The van der Waals surface area contributed by atoms with E-state index in [-0.39, 0.29) is 0 Å². The average Bonchev–Trinajstić information content (AvgIpc) is 2.63. The van der Waals surface area contributed by atoms with Gasteiger partial charge in [0.05, 0.1) is 5.69 Å². The third kappa shape index (κ3) is 2.90. The van der Waals surface area contributed by atoms with E-state index < -0.39 is 10.0 Å². The van der Waals surface area contributed by atoms with Crippen molar-refractivity contribution in [1.29, 1.82) is 0 Å². The van der Waals surface area contributed by atoms with Crippen LogP contribution in [0.25, 0.3) is 0 Å². The fourth-order valence-corrected chi connectivity index (χ4v) is 4.50. The van der Waals surface area contributed by atoms with E-state index in [1.54, 1.807) is 31.2 Å². The topological polar surface area (TPSA) is 72.2 Å². The predicted octanol–water partition coefficient (Wildman–Crippen LogP) is 3.06. The first-order chi connectivity index (χ1) is 8.79. The maximum atomic E-state index is 12.4. The first-order valence-corrected chi connectivity index (χ1v) is 8.05. The number of benzene rings is 1. The largest absolute Gasteiger partial charge is 0.399 e. The summed E-state index contributed by atoms with van der Waals surface area (Å²) < 4.78 is 27.3. The van der Waals surface area contributed by atoms with Gasteiger partial charge in [-0.3, -0.25) is 4.72 Å². The van der Waals surface area contributed by atoms with Crippen LogP contribution in [0.1, 0.15) is 15.3 Å². The van der Waals surface area contributed by atoms with Gasteiger partial charge in [-0.25, -0.2) is 8.42 Å². The van der Waals surface area contributed by atoms with Gasteiger partial charge < -0.3 is 5.73 Å². The van der Waals surface area contributed by atoms with Crippen LogP contribution >= 0.6 is 11.3 Å². The Balaban J connectivity index is 2.42. The van der Waals surface area contributed by atoms with E-state index >= 15 is 0 Å². The van der Waals surface area contributed by atoms with Crippen molar-refractivity contribution in [1.82, 2.24) is 0 Å². The number of rotatable bonds is 3. The Morgan fingerprint density at radius 2 is 1.84 bits per heavy atom. The van der Waals surface area contributed by atoms with Gasteiger partial charge in [-0.2, -0.15) is 0 Å². The standard InChI is InChI=1S/C13H16N2O2S2/c1-8-4-5-11(14)7-12(8)15-19(16,17)13-6-9(2)18-10(13)3/h4-7,15H,14H2,1-3H3. The second-order valence-electron chi connectivity index (χ2n) is 4.46. The summed E-state index contributed by atoms with van der Waals surface area (Å²) in [5.74, 6) is 0. The maximum Gasteiger partial charge on any atom is 0.263 e. The van der Waals surface area contributed by atoms with Crippen LogP contribution in [-0.2, 0) is 10.0 Å². The molecule has 2 aromatic rings. The number of nitrogen functional groups attached to an aromatic ring is 1. The molecule has 0 saturated heterocycles. The lowest BCUT2D eigenvalue weighted by molar-refractivity contribution is 0.601. The van der Waals surface area contributed by atoms with Gasteiger partial charge in [0.15, 0.2) is 0 Å². The Labute approximate surface area is 117 Å². The van der Waals surface area contributed by atoms with Crippen molar-refractivity contribution in [2.45, 2.75) is 25.7 Å². The molecule has 0 aliphatic carbocycles. The Hall–Kier alpha value is -1.53. The zero-order chi connectivity index (χ0) is 14.2. The van der Waals surface area contributed by atoms with E-state index in [1.165, 1.54) is 11.3 Å². The second-order valence-corrected chi connectivity index (χ2v) is 7.57. The minimum Gasteiger partial charge on any atom is -0.399 e. The van der Waals surface area contributed by atoms with Crippen molar-refractivity contribution in [2.24, 2.45) is 0 Å². The highest BCUT2D eigenvalue weighted by Gasteiger charge is 2.19. The molecule has 0 radical (unpaired) electrons. The van der Waals surface area contributed by atoms with Crippen molar-refractivity contribution in [3.63, 3.8) is 0 Å². The Morgan fingerprint density at radius 1 is 1.16 bits per heavy atom. The molecule has 0 saturated carbocycles. The fraction of sp³-hybridized carbons (Fsp3) is 0.231. The summed E-state index contributed by atoms with van der Waals surface area (Å²) >= 11 is 1.47. The molecule has 0 amide bonds. The van der Waals surface area contributed by atoms with Crippen LogP contribution in [0.15, 0.2) is 29.2 Å². The van der Waals surface area contributed by atoms with E-state index in [0.717, 1.165) is 15.3 Å². The third-order valence-corrected chi connectivity index (χ3v) is 5.38. The molecule has 1 aromatic carbocycles. The van der Waals surface area contributed by atoms with Gasteiger partial charge in [0, 0.05) is 15.4 Å². The molecule has 0 atom stereocenters. The molecule has 3 N–H and O–H groups in total. The van der Waals surface area contributed by atoms with Crippen LogP contribution in [-0.4, -0.2) is 8.42 Å². The maximum absolute atomic E-state index is 12.4. The Kier molecular flexibility index (Phi) is 3.56. The van der Waals surface area contributed by atoms with E-state index in [2.05, 4.69) is 4.72 Å². The minimum absolute atomic E-state index is 0.330. The lowest BCUT2D eigenvalue weighted by atomic mass is 10.2. The van der Waals surface area contributed by atoms with Crippen molar-refractivity contribution in [3.05, 3.63) is 39.6 Å². The number of sulfonamides is 1. The lowest BCUT2D eigenvalue weighted by Crippen LogP contribution is -2.14. The highest BCUT2D eigenvalue weighted by Crippen LogP contribution is 2.28. The minimum atomic E-state index is -3.56. The summed E-state index contributed by atoms with van der Waals surface area (Å²) in [6, 6.07) is 6.84. The van der Waals surface area contributed by atoms with Gasteiger partial charge in [-0.1, -0.05) is 6.07 Å². The lowest BCUT2D eigenvalue weighted by Gasteiger charge is -2.11. The number of aryl methyl sites for hydroxylation is 3. The molecule has 1 heterocycles. The summed E-state index contributed by atoms with van der Waals surface area (Å²) in [6.07, 6.45) is 0. The molecule has 1 aromatic heterocycles. The number of thiophene rings is 1. The molecule has 6 heteroatoms. The molecule has 19 heavy (non-hydrogen) atoms. The molecular formula is C13H16N2O2S2. The van der Waals surface area contributed by atoms with E-state index in [9.17, 15) is 8.42 Å². The number of anilines is 2. The molecule has 2 rings (SSSR count). The first kappa shape index (κ1) is 13.9. The highest BCUT2D eigenvalue weighted by atomic mass is 32.2.